The smallest absolute Gasteiger partial charge is 0.150 e. The van der Waals surface area contributed by atoms with E-state index in [0.717, 1.165) is 44.2 Å². The van der Waals surface area contributed by atoms with Crippen LogP contribution in [0.3, 0.4) is 0 Å². The SMILES string of the molecule is CN(Cc1ccccc1)Cc1cc(CC2(NC3CCC3)COC2)no1. The maximum atomic E-state index is 5.57. The lowest BCUT2D eigenvalue weighted by Gasteiger charge is -2.46. The van der Waals surface area contributed by atoms with Gasteiger partial charge in [0.25, 0.3) is 0 Å². The molecule has 1 saturated carbocycles. The Kier molecular flexibility index (Phi) is 4.88. The lowest BCUT2D eigenvalue weighted by Crippen LogP contribution is -2.65. The molecule has 134 valence electrons. The average Bonchev–Trinajstić information content (AvgIpc) is 2.95. The third-order valence-electron chi connectivity index (χ3n) is 5.22. The Balaban J connectivity index is 1.32. The van der Waals surface area contributed by atoms with Crippen LogP contribution in [-0.2, 0) is 24.2 Å². The van der Waals surface area contributed by atoms with Crippen molar-refractivity contribution >= 4 is 0 Å². The van der Waals surface area contributed by atoms with Crippen LogP contribution >= 0.6 is 0 Å². The van der Waals surface area contributed by atoms with E-state index in [9.17, 15) is 0 Å². The summed E-state index contributed by atoms with van der Waals surface area (Å²) >= 11 is 0. The number of benzene rings is 1. The Morgan fingerprint density at radius 1 is 1.20 bits per heavy atom. The zero-order valence-corrected chi connectivity index (χ0v) is 14.9. The van der Waals surface area contributed by atoms with Gasteiger partial charge in [-0.2, -0.15) is 0 Å². The first-order chi connectivity index (χ1) is 12.2. The first kappa shape index (κ1) is 16.8. The molecule has 25 heavy (non-hydrogen) atoms. The van der Waals surface area contributed by atoms with Gasteiger partial charge in [-0.15, -0.1) is 0 Å². The summed E-state index contributed by atoms with van der Waals surface area (Å²) in [6, 6.07) is 13.3. The van der Waals surface area contributed by atoms with Crippen LogP contribution in [0.4, 0.5) is 0 Å². The summed E-state index contributed by atoms with van der Waals surface area (Å²) in [5, 5.41) is 8.08. The number of rotatable bonds is 8. The van der Waals surface area contributed by atoms with E-state index in [-0.39, 0.29) is 5.54 Å². The van der Waals surface area contributed by atoms with Crippen molar-refractivity contribution in [2.75, 3.05) is 20.3 Å². The van der Waals surface area contributed by atoms with Crippen molar-refractivity contribution in [1.29, 1.82) is 0 Å². The van der Waals surface area contributed by atoms with E-state index in [0.29, 0.717) is 6.04 Å². The minimum atomic E-state index is 0.0647. The van der Waals surface area contributed by atoms with Crippen LogP contribution in [0.2, 0.25) is 0 Å². The standard InChI is InChI=1S/C20H27N3O2/c1-23(12-16-6-3-2-4-7-16)13-19-10-18(22-25-19)11-20(14-24-15-20)21-17-8-5-9-17/h2-4,6-7,10,17,21H,5,8-9,11-15H2,1H3. The van der Waals surface area contributed by atoms with E-state index in [2.05, 4.69) is 52.8 Å². The van der Waals surface area contributed by atoms with Crippen LogP contribution in [0.5, 0.6) is 0 Å². The van der Waals surface area contributed by atoms with Crippen LogP contribution in [0.1, 0.15) is 36.3 Å². The number of ether oxygens (including phenoxy) is 1. The van der Waals surface area contributed by atoms with E-state index in [1.54, 1.807) is 0 Å². The van der Waals surface area contributed by atoms with E-state index in [1.807, 2.05) is 6.07 Å². The Labute approximate surface area is 149 Å². The van der Waals surface area contributed by atoms with Crippen molar-refractivity contribution in [2.24, 2.45) is 0 Å². The minimum Gasteiger partial charge on any atom is -0.377 e. The van der Waals surface area contributed by atoms with Gasteiger partial charge >= 0.3 is 0 Å². The van der Waals surface area contributed by atoms with Gasteiger partial charge in [-0.1, -0.05) is 41.9 Å². The van der Waals surface area contributed by atoms with Gasteiger partial charge in [0.2, 0.25) is 0 Å². The monoisotopic (exact) mass is 341 g/mol. The predicted molar refractivity (Wildman–Crippen MR) is 96.1 cm³/mol. The van der Waals surface area contributed by atoms with Crippen LogP contribution in [0.25, 0.3) is 0 Å². The van der Waals surface area contributed by atoms with Crippen LogP contribution in [0, 0.1) is 0 Å². The average molecular weight is 341 g/mol. The molecule has 2 aromatic rings. The van der Waals surface area contributed by atoms with Crippen LogP contribution < -0.4 is 5.32 Å². The highest BCUT2D eigenvalue weighted by molar-refractivity contribution is 5.15. The first-order valence-corrected chi connectivity index (χ1v) is 9.23. The molecule has 1 aliphatic heterocycles. The highest BCUT2D eigenvalue weighted by atomic mass is 16.5. The van der Waals surface area contributed by atoms with Crippen molar-refractivity contribution in [3.63, 3.8) is 0 Å². The molecule has 0 amide bonds. The van der Waals surface area contributed by atoms with E-state index in [1.165, 1.54) is 24.8 Å². The summed E-state index contributed by atoms with van der Waals surface area (Å²) in [5.74, 6) is 0.924. The molecule has 0 radical (unpaired) electrons. The Morgan fingerprint density at radius 2 is 2.00 bits per heavy atom. The molecule has 1 N–H and O–H groups in total. The number of hydrogen-bond donors (Lipinski definition) is 1. The molecule has 1 aromatic heterocycles. The van der Waals surface area contributed by atoms with Crippen molar-refractivity contribution in [1.82, 2.24) is 15.4 Å². The number of aromatic nitrogens is 1. The molecule has 1 saturated heterocycles. The fourth-order valence-electron chi connectivity index (χ4n) is 3.65. The largest absolute Gasteiger partial charge is 0.377 e. The quantitative estimate of drug-likeness (QED) is 0.800. The highest BCUT2D eigenvalue weighted by Crippen LogP contribution is 2.28. The highest BCUT2D eigenvalue weighted by Gasteiger charge is 2.41. The summed E-state index contributed by atoms with van der Waals surface area (Å²) in [4.78, 5) is 2.24. The number of nitrogens with zero attached hydrogens (tertiary/aromatic N) is 2. The molecule has 5 nitrogen and oxygen atoms in total. The van der Waals surface area contributed by atoms with Gasteiger partial charge in [-0.3, -0.25) is 4.90 Å². The maximum absolute atomic E-state index is 5.57. The summed E-state index contributed by atoms with van der Waals surface area (Å²) in [7, 11) is 2.11. The second-order valence-corrected chi connectivity index (χ2v) is 7.66. The molecular formula is C20H27N3O2. The molecule has 5 heteroatoms. The van der Waals surface area contributed by atoms with Gasteiger partial charge in [0, 0.05) is 25.1 Å². The molecule has 0 atom stereocenters. The Bertz CT molecular complexity index is 677. The second kappa shape index (κ2) is 7.28. The fourth-order valence-corrected chi connectivity index (χ4v) is 3.65. The van der Waals surface area contributed by atoms with Crippen molar-refractivity contribution in [3.8, 4) is 0 Å². The van der Waals surface area contributed by atoms with Crippen LogP contribution in [-0.4, -0.2) is 41.9 Å². The lowest BCUT2D eigenvalue weighted by molar-refractivity contribution is -0.0838. The summed E-state index contributed by atoms with van der Waals surface area (Å²) in [6.45, 7) is 3.22. The third kappa shape index (κ3) is 4.11. The number of nitrogens with one attached hydrogen (secondary N) is 1. The van der Waals surface area contributed by atoms with Crippen molar-refractivity contribution in [2.45, 2.75) is 50.4 Å². The van der Waals surface area contributed by atoms with Gasteiger partial charge in [0.1, 0.15) is 0 Å². The molecular weight excluding hydrogens is 314 g/mol. The lowest BCUT2D eigenvalue weighted by atomic mass is 9.85. The predicted octanol–water partition coefficient (Wildman–Crippen LogP) is 2.76. The summed E-state index contributed by atoms with van der Waals surface area (Å²) < 4.78 is 11.1. The van der Waals surface area contributed by atoms with Gasteiger partial charge in [-0.05, 0) is 25.5 Å². The molecule has 2 heterocycles. The molecule has 1 aliphatic carbocycles. The summed E-state index contributed by atoms with van der Waals surface area (Å²) in [6.07, 6.45) is 4.80. The summed E-state index contributed by atoms with van der Waals surface area (Å²) in [5.41, 5.74) is 2.40. The van der Waals surface area contributed by atoms with Gasteiger partial charge < -0.3 is 14.6 Å². The molecule has 2 fully saturated rings. The fraction of sp³-hybridized carbons (Fsp3) is 0.550. The normalized spacial score (nSPS) is 19.6. The number of hydrogen-bond acceptors (Lipinski definition) is 5. The molecule has 0 spiro atoms. The second-order valence-electron chi connectivity index (χ2n) is 7.66. The van der Waals surface area contributed by atoms with Gasteiger partial charge in [0.05, 0.1) is 31.0 Å². The Hall–Kier alpha value is -1.69. The van der Waals surface area contributed by atoms with E-state index >= 15 is 0 Å². The van der Waals surface area contributed by atoms with Crippen molar-refractivity contribution in [3.05, 3.63) is 53.4 Å². The maximum Gasteiger partial charge on any atom is 0.150 e. The van der Waals surface area contributed by atoms with Gasteiger partial charge in [0.15, 0.2) is 5.76 Å². The Morgan fingerprint density at radius 3 is 2.64 bits per heavy atom. The van der Waals surface area contributed by atoms with Gasteiger partial charge in [-0.25, -0.2) is 0 Å². The molecule has 4 rings (SSSR count). The van der Waals surface area contributed by atoms with E-state index < -0.39 is 0 Å². The third-order valence-corrected chi connectivity index (χ3v) is 5.22. The molecule has 1 aromatic carbocycles. The van der Waals surface area contributed by atoms with Crippen LogP contribution in [0.15, 0.2) is 40.9 Å². The zero-order chi connectivity index (χ0) is 17.1. The molecule has 0 bridgehead atoms. The minimum absolute atomic E-state index is 0.0647. The van der Waals surface area contributed by atoms with Crippen molar-refractivity contribution < 1.29 is 9.26 Å². The van der Waals surface area contributed by atoms with E-state index in [4.69, 9.17) is 9.26 Å². The molecule has 0 unspecified atom stereocenters. The first-order valence-electron chi connectivity index (χ1n) is 9.23. The topological polar surface area (TPSA) is 50.5 Å². The zero-order valence-electron chi connectivity index (χ0n) is 14.9. The molecule has 2 aliphatic rings.